The molecule has 202 valence electrons. The zero-order valence-corrected chi connectivity index (χ0v) is 22.5. The molecule has 0 spiro atoms. The van der Waals surface area contributed by atoms with Crippen LogP contribution in [0.15, 0.2) is 72.0 Å². The number of ether oxygens (including phenoxy) is 2. The standard InChI is InChI=1S/C27H22ClF3N4O3S/c1-15(34-24(16-4-8-18(37-2)9-5-16)17-6-10-19(38-3)11-7-17)26-33-14-22(39-26)25(36)35-23-12-20(27(29,30)31)21(28)13-32-23/h4-14,24H,1-3H3,(H,32,35,36). The van der Waals surface area contributed by atoms with Crippen LogP contribution in [-0.4, -0.2) is 35.8 Å². The Kier molecular flexibility index (Phi) is 8.51. The first kappa shape index (κ1) is 28.1. The summed E-state index contributed by atoms with van der Waals surface area (Å²) in [5.74, 6) is 0.481. The number of pyridine rings is 1. The minimum absolute atomic E-state index is 0.176. The maximum atomic E-state index is 13.1. The molecular weight excluding hydrogens is 553 g/mol. The molecule has 1 N–H and O–H groups in total. The van der Waals surface area contributed by atoms with E-state index in [4.69, 9.17) is 26.1 Å². The van der Waals surface area contributed by atoms with Crippen molar-refractivity contribution in [3.05, 3.63) is 98.6 Å². The van der Waals surface area contributed by atoms with Crippen LogP contribution in [0.1, 0.15) is 44.3 Å². The Morgan fingerprint density at radius 1 is 0.974 bits per heavy atom. The van der Waals surface area contributed by atoms with Crippen LogP contribution in [0.5, 0.6) is 11.5 Å². The number of nitrogens with one attached hydrogen (secondary N) is 1. The molecule has 0 saturated carbocycles. The van der Waals surface area contributed by atoms with Gasteiger partial charge in [-0.25, -0.2) is 9.97 Å². The van der Waals surface area contributed by atoms with Gasteiger partial charge in [-0.05, 0) is 48.4 Å². The lowest BCUT2D eigenvalue weighted by Gasteiger charge is -2.16. The number of methoxy groups -OCH3 is 2. The fourth-order valence-corrected chi connectivity index (χ4v) is 4.59. The number of amides is 1. The van der Waals surface area contributed by atoms with Gasteiger partial charge in [0.15, 0.2) is 0 Å². The molecule has 39 heavy (non-hydrogen) atoms. The Morgan fingerprint density at radius 2 is 1.54 bits per heavy atom. The zero-order valence-electron chi connectivity index (χ0n) is 20.9. The van der Waals surface area contributed by atoms with E-state index in [0.29, 0.717) is 28.3 Å². The minimum Gasteiger partial charge on any atom is -0.497 e. The molecular formula is C27H22ClF3N4O3S. The fraction of sp³-hybridized carbons (Fsp3) is 0.185. The first-order chi connectivity index (χ1) is 18.6. The summed E-state index contributed by atoms with van der Waals surface area (Å²) in [7, 11) is 3.18. The highest BCUT2D eigenvalue weighted by Gasteiger charge is 2.34. The van der Waals surface area contributed by atoms with Crippen molar-refractivity contribution in [2.75, 3.05) is 19.5 Å². The van der Waals surface area contributed by atoms with Crippen LogP contribution in [0.4, 0.5) is 19.0 Å². The van der Waals surface area contributed by atoms with Gasteiger partial charge in [0.25, 0.3) is 5.91 Å². The van der Waals surface area contributed by atoms with E-state index in [0.717, 1.165) is 28.7 Å². The SMILES string of the molecule is COc1ccc(C(N=C(C)c2ncc(C(=O)Nc3cc(C(F)(F)F)c(Cl)cn3)s2)c2ccc(OC)cc2)cc1. The summed E-state index contributed by atoms with van der Waals surface area (Å²) in [6.45, 7) is 1.77. The summed E-state index contributed by atoms with van der Waals surface area (Å²) in [6, 6.07) is 15.3. The monoisotopic (exact) mass is 574 g/mol. The van der Waals surface area contributed by atoms with Gasteiger partial charge in [-0.3, -0.25) is 9.79 Å². The molecule has 0 unspecified atom stereocenters. The number of hydrogen-bond donors (Lipinski definition) is 1. The molecule has 0 atom stereocenters. The van der Waals surface area contributed by atoms with Gasteiger partial charge in [-0.15, -0.1) is 11.3 Å². The van der Waals surface area contributed by atoms with E-state index in [9.17, 15) is 18.0 Å². The fourth-order valence-electron chi connectivity index (χ4n) is 3.61. The van der Waals surface area contributed by atoms with E-state index >= 15 is 0 Å². The summed E-state index contributed by atoms with van der Waals surface area (Å²) in [4.78, 5) is 25.9. The molecule has 4 aromatic rings. The van der Waals surface area contributed by atoms with Gasteiger partial charge in [0.05, 0.1) is 36.7 Å². The number of anilines is 1. The number of benzene rings is 2. The minimum atomic E-state index is -4.69. The maximum Gasteiger partial charge on any atom is 0.418 e. The van der Waals surface area contributed by atoms with Gasteiger partial charge >= 0.3 is 6.18 Å². The second-order valence-electron chi connectivity index (χ2n) is 8.19. The molecule has 2 heterocycles. The first-order valence-electron chi connectivity index (χ1n) is 11.4. The molecule has 1 amide bonds. The zero-order chi connectivity index (χ0) is 28.2. The molecule has 0 aliphatic carbocycles. The van der Waals surface area contributed by atoms with Gasteiger partial charge in [-0.2, -0.15) is 13.2 Å². The average Bonchev–Trinajstić information content (AvgIpc) is 3.43. The van der Waals surface area contributed by atoms with Gasteiger partial charge in [0, 0.05) is 6.20 Å². The number of alkyl halides is 3. The molecule has 4 rings (SSSR count). The summed E-state index contributed by atoms with van der Waals surface area (Å²) >= 11 is 6.66. The number of aliphatic imine (C=N–C) groups is 1. The smallest absolute Gasteiger partial charge is 0.418 e. The number of hydrogen-bond acceptors (Lipinski definition) is 7. The quantitative estimate of drug-likeness (QED) is 0.227. The number of carbonyl (C=O) groups excluding carboxylic acids is 1. The predicted octanol–water partition coefficient (Wildman–Crippen LogP) is 7.08. The molecule has 12 heteroatoms. The lowest BCUT2D eigenvalue weighted by Crippen LogP contribution is -2.13. The summed E-state index contributed by atoms with van der Waals surface area (Å²) in [5.41, 5.74) is 1.29. The number of thiazole rings is 1. The van der Waals surface area contributed by atoms with Gasteiger partial charge < -0.3 is 14.8 Å². The Balaban J connectivity index is 1.60. The molecule has 2 aromatic carbocycles. The van der Waals surface area contributed by atoms with E-state index in [1.54, 1.807) is 21.1 Å². The van der Waals surface area contributed by atoms with Crippen LogP contribution < -0.4 is 14.8 Å². The molecule has 2 aromatic heterocycles. The highest BCUT2D eigenvalue weighted by Crippen LogP contribution is 2.35. The van der Waals surface area contributed by atoms with Crippen LogP contribution >= 0.6 is 22.9 Å². The van der Waals surface area contributed by atoms with Crippen molar-refractivity contribution in [1.82, 2.24) is 9.97 Å². The molecule has 0 aliphatic heterocycles. The second kappa shape index (κ2) is 11.8. The van der Waals surface area contributed by atoms with Crippen molar-refractivity contribution < 1.29 is 27.4 Å². The average molecular weight is 575 g/mol. The van der Waals surface area contributed by atoms with E-state index < -0.39 is 22.7 Å². The van der Waals surface area contributed by atoms with Crippen molar-refractivity contribution in [2.24, 2.45) is 4.99 Å². The van der Waals surface area contributed by atoms with Crippen LogP contribution in [-0.2, 0) is 6.18 Å². The van der Waals surface area contributed by atoms with Crippen LogP contribution in [0.3, 0.4) is 0 Å². The van der Waals surface area contributed by atoms with Crippen LogP contribution in [0.25, 0.3) is 0 Å². The van der Waals surface area contributed by atoms with Crippen molar-refractivity contribution in [1.29, 1.82) is 0 Å². The van der Waals surface area contributed by atoms with E-state index in [1.807, 2.05) is 48.5 Å². The Labute approximate surface area is 231 Å². The van der Waals surface area contributed by atoms with Gasteiger partial charge in [-0.1, -0.05) is 35.9 Å². The molecule has 0 radical (unpaired) electrons. The van der Waals surface area contributed by atoms with Crippen molar-refractivity contribution in [3.8, 4) is 11.5 Å². The normalized spacial score (nSPS) is 11.9. The number of carbonyl (C=O) groups is 1. The second-order valence-corrected chi connectivity index (χ2v) is 9.63. The van der Waals surface area contributed by atoms with Crippen LogP contribution in [0, 0.1) is 0 Å². The maximum absolute atomic E-state index is 13.1. The third-order valence-corrected chi connectivity index (χ3v) is 7.03. The van der Waals surface area contributed by atoms with Crippen molar-refractivity contribution in [2.45, 2.75) is 19.1 Å². The van der Waals surface area contributed by atoms with Gasteiger partial charge in [0.1, 0.15) is 33.2 Å². The summed E-state index contributed by atoms with van der Waals surface area (Å²) in [6.07, 6.45) is -2.51. The molecule has 0 bridgehead atoms. The van der Waals surface area contributed by atoms with E-state index in [1.165, 1.54) is 6.20 Å². The Bertz CT molecular complexity index is 1440. The van der Waals surface area contributed by atoms with Crippen molar-refractivity contribution >= 4 is 40.4 Å². The highest BCUT2D eigenvalue weighted by atomic mass is 35.5. The lowest BCUT2D eigenvalue weighted by atomic mass is 9.99. The first-order valence-corrected chi connectivity index (χ1v) is 12.6. The Hall–Kier alpha value is -3.96. The highest BCUT2D eigenvalue weighted by molar-refractivity contribution is 7.15. The van der Waals surface area contributed by atoms with E-state index in [2.05, 4.69) is 15.3 Å². The van der Waals surface area contributed by atoms with Gasteiger partial charge in [0.2, 0.25) is 0 Å². The third kappa shape index (κ3) is 6.73. The summed E-state index contributed by atoms with van der Waals surface area (Å²) < 4.78 is 50.0. The summed E-state index contributed by atoms with van der Waals surface area (Å²) in [5, 5.41) is 2.28. The molecule has 7 nitrogen and oxygen atoms in total. The third-order valence-electron chi connectivity index (χ3n) is 5.63. The predicted molar refractivity (Wildman–Crippen MR) is 144 cm³/mol. The number of aromatic nitrogens is 2. The number of rotatable bonds is 8. The van der Waals surface area contributed by atoms with Crippen LogP contribution in [0.2, 0.25) is 5.02 Å². The number of nitrogens with zero attached hydrogens (tertiary/aromatic N) is 3. The molecule has 0 saturated heterocycles. The lowest BCUT2D eigenvalue weighted by molar-refractivity contribution is -0.137. The largest absolute Gasteiger partial charge is 0.497 e. The van der Waals surface area contributed by atoms with E-state index in [-0.39, 0.29) is 16.7 Å². The topological polar surface area (TPSA) is 85.7 Å². The molecule has 0 aliphatic rings. The Morgan fingerprint density at radius 3 is 2.05 bits per heavy atom. The molecule has 0 fully saturated rings. The number of halogens is 4. The van der Waals surface area contributed by atoms with Crippen molar-refractivity contribution in [3.63, 3.8) is 0 Å².